The maximum Gasteiger partial charge on any atom is 0.300 e. The van der Waals surface area contributed by atoms with E-state index in [2.05, 4.69) is 0 Å². The third-order valence-corrected chi connectivity index (χ3v) is 5.26. The van der Waals surface area contributed by atoms with Gasteiger partial charge in [-0.3, -0.25) is 14.5 Å². The number of methoxy groups -OCH3 is 1. The van der Waals surface area contributed by atoms with E-state index < -0.39 is 17.7 Å². The molecule has 2 heterocycles. The fourth-order valence-corrected chi connectivity index (χ4v) is 3.81. The third kappa shape index (κ3) is 3.62. The number of anilines is 1. The molecule has 7 nitrogen and oxygen atoms in total. The molecular weight excluding hydrogens is 410 g/mol. The van der Waals surface area contributed by atoms with Crippen molar-refractivity contribution in [1.29, 1.82) is 0 Å². The van der Waals surface area contributed by atoms with Gasteiger partial charge in [0.15, 0.2) is 0 Å². The first-order chi connectivity index (χ1) is 15.5. The molecule has 7 heteroatoms. The average molecular weight is 433 g/mol. The number of carbonyl (C=O) groups excluding carboxylic acids is 2. The summed E-state index contributed by atoms with van der Waals surface area (Å²) in [4.78, 5) is 27.6. The summed E-state index contributed by atoms with van der Waals surface area (Å²) >= 11 is 0. The molecule has 32 heavy (non-hydrogen) atoms. The van der Waals surface area contributed by atoms with Gasteiger partial charge in [0.05, 0.1) is 25.0 Å². The number of amides is 1. The van der Waals surface area contributed by atoms with Crippen molar-refractivity contribution in [2.75, 3.05) is 18.6 Å². The minimum Gasteiger partial charge on any atom is -0.507 e. The molecule has 0 aliphatic carbocycles. The highest BCUT2D eigenvalue weighted by atomic mass is 16.5. The van der Waals surface area contributed by atoms with Crippen molar-refractivity contribution < 1.29 is 28.6 Å². The average Bonchev–Trinajstić information content (AvgIpc) is 3.35. The van der Waals surface area contributed by atoms with Crippen molar-refractivity contribution in [3.05, 3.63) is 83.3 Å². The fourth-order valence-electron chi connectivity index (χ4n) is 3.81. The predicted octanol–water partition coefficient (Wildman–Crippen LogP) is 4.62. The number of Topliss-reactive ketones (excluding diaryl/α,β-unsaturated/α-hetero) is 1. The molecule has 3 aromatic rings. The Kier molecular flexibility index (Phi) is 5.73. The number of aryl methyl sites for hydroxylation is 1. The summed E-state index contributed by atoms with van der Waals surface area (Å²) in [6.45, 7) is 4.15. The normalized spacial score (nSPS) is 17.6. The Hall–Kier alpha value is -4.00. The monoisotopic (exact) mass is 433 g/mol. The topological polar surface area (TPSA) is 89.2 Å². The molecule has 1 unspecified atom stereocenters. The van der Waals surface area contributed by atoms with Gasteiger partial charge in [0.1, 0.15) is 34.8 Å². The number of nitrogens with zero attached hydrogens (tertiary/aromatic N) is 1. The van der Waals surface area contributed by atoms with Crippen LogP contribution in [0.4, 0.5) is 5.69 Å². The smallest absolute Gasteiger partial charge is 0.300 e. The van der Waals surface area contributed by atoms with E-state index in [1.54, 1.807) is 67.6 Å². The van der Waals surface area contributed by atoms with Gasteiger partial charge >= 0.3 is 0 Å². The SMILES string of the molecule is CCOc1ccc(/C(O)=C2/C(=O)C(=O)N(c3ccccc3OC)C2c2ccc(C)o2)cc1. The van der Waals surface area contributed by atoms with Crippen molar-refractivity contribution >= 4 is 23.1 Å². The lowest BCUT2D eigenvalue weighted by Gasteiger charge is -2.25. The lowest BCUT2D eigenvalue weighted by Crippen LogP contribution is -2.29. The Morgan fingerprint density at radius 3 is 2.41 bits per heavy atom. The first kappa shape index (κ1) is 21.2. The number of hydrogen-bond acceptors (Lipinski definition) is 6. The number of rotatable bonds is 6. The zero-order valence-corrected chi connectivity index (χ0v) is 18.0. The van der Waals surface area contributed by atoms with Crippen LogP contribution in [0.3, 0.4) is 0 Å². The Morgan fingerprint density at radius 2 is 1.78 bits per heavy atom. The van der Waals surface area contributed by atoms with E-state index in [1.807, 2.05) is 6.92 Å². The molecule has 1 aromatic heterocycles. The lowest BCUT2D eigenvalue weighted by atomic mass is 9.99. The number of ketones is 1. The number of para-hydroxylation sites is 2. The highest BCUT2D eigenvalue weighted by Crippen LogP contribution is 2.45. The molecule has 1 aliphatic rings. The van der Waals surface area contributed by atoms with E-state index in [9.17, 15) is 14.7 Å². The quantitative estimate of drug-likeness (QED) is 0.347. The first-order valence-electron chi connectivity index (χ1n) is 10.2. The fraction of sp³-hybridized carbons (Fsp3) is 0.200. The Balaban J connectivity index is 1.90. The molecule has 0 bridgehead atoms. The summed E-state index contributed by atoms with van der Waals surface area (Å²) in [5, 5.41) is 11.1. The minimum atomic E-state index is -0.952. The number of aliphatic hydroxyl groups is 1. The highest BCUT2D eigenvalue weighted by Gasteiger charge is 2.49. The van der Waals surface area contributed by atoms with Crippen LogP contribution >= 0.6 is 0 Å². The lowest BCUT2D eigenvalue weighted by molar-refractivity contribution is -0.132. The number of furan rings is 1. The van der Waals surface area contributed by atoms with E-state index in [0.717, 1.165) is 0 Å². The van der Waals surface area contributed by atoms with Crippen molar-refractivity contribution in [2.24, 2.45) is 0 Å². The predicted molar refractivity (Wildman–Crippen MR) is 119 cm³/mol. The molecule has 1 fully saturated rings. The maximum atomic E-state index is 13.2. The highest BCUT2D eigenvalue weighted by molar-refractivity contribution is 6.51. The zero-order chi connectivity index (χ0) is 22.8. The van der Waals surface area contributed by atoms with Gasteiger partial charge in [-0.1, -0.05) is 12.1 Å². The van der Waals surface area contributed by atoms with Crippen LogP contribution in [0.25, 0.3) is 5.76 Å². The number of hydrogen-bond donors (Lipinski definition) is 1. The van der Waals surface area contributed by atoms with Crippen molar-refractivity contribution in [3.63, 3.8) is 0 Å². The molecule has 1 aliphatic heterocycles. The van der Waals surface area contributed by atoms with E-state index in [4.69, 9.17) is 13.9 Å². The zero-order valence-electron chi connectivity index (χ0n) is 18.0. The van der Waals surface area contributed by atoms with Gasteiger partial charge in [0.25, 0.3) is 11.7 Å². The molecular formula is C25H23NO6. The summed E-state index contributed by atoms with van der Waals surface area (Å²) in [6.07, 6.45) is 0. The van der Waals surface area contributed by atoms with Crippen LogP contribution in [0, 0.1) is 6.92 Å². The maximum absolute atomic E-state index is 13.2. The first-order valence-corrected chi connectivity index (χ1v) is 10.2. The largest absolute Gasteiger partial charge is 0.507 e. The van der Waals surface area contributed by atoms with Crippen LogP contribution in [-0.4, -0.2) is 30.5 Å². The second-order valence-corrected chi connectivity index (χ2v) is 7.25. The van der Waals surface area contributed by atoms with Crippen LogP contribution in [0.1, 0.15) is 30.0 Å². The Labute approximate surface area is 185 Å². The summed E-state index contributed by atoms with van der Waals surface area (Å²) in [5.74, 6) is 0.164. The van der Waals surface area contributed by atoms with Gasteiger partial charge in [0, 0.05) is 5.56 Å². The molecule has 1 N–H and O–H groups in total. The number of aliphatic hydroxyl groups excluding tert-OH is 1. The number of carbonyl (C=O) groups is 2. The van der Waals surface area contributed by atoms with E-state index in [-0.39, 0.29) is 11.3 Å². The molecule has 2 aromatic carbocycles. The number of benzene rings is 2. The van der Waals surface area contributed by atoms with Crippen LogP contribution in [0.15, 0.2) is 70.7 Å². The van der Waals surface area contributed by atoms with E-state index in [1.165, 1.54) is 12.0 Å². The molecule has 1 saturated heterocycles. The van der Waals surface area contributed by atoms with Gasteiger partial charge in [-0.25, -0.2) is 0 Å². The van der Waals surface area contributed by atoms with Crippen molar-refractivity contribution in [1.82, 2.24) is 0 Å². The molecule has 4 rings (SSSR count). The Morgan fingerprint density at radius 1 is 1.06 bits per heavy atom. The molecule has 164 valence electrons. The molecule has 1 amide bonds. The molecule has 0 radical (unpaired) electrons. The van der Waals surface area contributed by atoms with Crippen molar-refractivity contribution in [2.45, 2.75) is 19.9 Å². The molecule has 0 spiro atoms. The summed E-state index contributed by atoms with van der Waals surface area (Å²) in [7, 11) is 1.49. The number of ether oxygens (including phenoxy) is 2. The van der Waals surface area contributed by atoms with Gasteiger partial charge in [-0.15, -0.1) is 0 Å². The third-order valence-electron chi connectivity index (χ3n) is 5.26. The van der Waals surface area contributed by atoms with Gasteiger partial charge in [-0.2, -0.15) is 0 Å². The van der Waals surface area contributed by atoms with Crippen molar-refractivity contribution in [3.8, 4) is 11.5 Å². The minimum absolute atomic E-state index is 0.0561. The standard InChI is InChI=1S/C25H23NO6/c1-4-31-17-12-10-16(11-13-17)23(27)21-22(20-14-9-15(2)32-20)26(25(29)24(21)28)18-7-5-6-8-19(18)30-3/h5-14,22,27H,4H2,1-3H3/b23-21-. The molecule has 0 saturated carbocycles. The Bertz CT molecular complexity index is 1190. The summed E-state index contributed by atoms with van der Waals surface area (Å²) in [6, 6.07) is 16.1. The van der Waals surface area contributed by atoms with Crippen LogP contribution in [0.2, 0.25) is 0 Å². The van der Waals surface area contributed by atoms with E-state index in [0.29, 0.717) is 40.9 Å². The summed E-state index contributed by atoms with van der Waals surface area (Å²) in [5.41, 5.74) is 0.737. The van der Waals surface area contributed by atoms with Gasteiger partial charge in [-0.05, 0) is 62.4 Å². The van der Waals surface area contributed by atoms with Crippen LogP contribution in [-0.2, 0) is 9.59 Å². The van der Waals surface area contributed by atoms with Gasteiger partial charge in [0.2, 0.25) is 0 Å². The van der Waals surface area contributed by atoms with Crippen LogP contribution in [0.5, 0.6) is 11.5 Å². The molecule has 1 atom stereocenters. The second-order valence-electron chi connectivity index (χ2n) is 7.25. The second kappa shape index (κ2) is 8.63. The van der Waals surface area contributed by atoms with E-state index >= 15 is 0 Å². The van der Waals surface area contributed by atoms with Gasteiger partial charge < -0.3 is 19.0 Å². The van der Waals surface area contributed by atoms with Crippen LogP contribution < -0.4 is 14.4 Å². The summed E-state index contributed by atoms with van der Waals surface area (Å²) < 4.78 is 16.7.